The van der Waals surface area contributed by atoms with Crippen molar-refractivity contribution in [2.75, 3.05) is 19.7 Å². The summed E-state index contributed by atoms with van der Waals surface area (Å²) in [5.74, 6) is -0.0358. The summed E-state index contributed by atoms with van der Waals surface area (Å²) in [5.41, 5.74) is 1.16. The molecule has 2 N–H and O–H groups in total. The van der Waals surface area contributed by atoms with Gasteiger partial charge >= 0.3 is 0 Å². The van der Waals surface area contributed by atoms with Crippen molar-refractivity contribution >= 4 is 17.2 Å². The van der Waals surface area contributed by atoms with E-state index in [1.807, 2.05) is 35.7 Å². The second-order valence-electron chi connectivity index (χ2n) is 7.37. The third-order valence-electron chi connectivity index (χ3n) is 5.92. The summed E-state index contributed by atoms with van der Waals surface area (Å²) in [4.78, 5) is 19.0. The molecule has 4 rings (SSSR count). The van der Waals surface area contributed by atoms with Crippen LogP contribution in [0.3, 0.4) is 0 Å². The number of thiazole rings is 1. The molecule has 2 fully saturated rings. The van der Waals surface area contributed by atoms with E-state index in [0.717, 1.165) is 23.4 Å². The summed E-state index contributed by atoms with van der Waals surface area (Å²) in [6.07, 6.45) is 1.26. The van der Waals surface area contributed by atoms with Crippen LogP contribution >= 0.6 is 11.3 Å². The van der Waals surface area contributed by atoms with Crippen LogP contribution in [0.1, 0.15) is 40.3 Å². The van der Waals surface area contributed by atoms with Crippen LogP contribution in [0.5, 0.6) is 0 Å². The molecule has 2 aromatic rings. The molecular weight excluding hydrogens is 348 g/mol. The zero-order valence-electron chi connectivity index (χ0n) is 14.8. The van der Waals surface area contributed by atoms with Crippen LogP contribution in [-0.2, 0) is 6.42 Å². The second-order valence-corrected chi connectivity index (χ2v) is 8.31. The van der Waals surface area contributed by atoms with Gasteiger partial charge in [-0.1, -0.05) is 37.3 Å². The zero-order valence-corrected chi connectivity index (χ0v) is 15.7. The molecule has 2 heterocycles. The fourth-order valence-corrected chi connectivity index (χ4v) is 5.50. The Bertz CT molecular complexity index is 793. The maximum atomic E-state index is 12.9. The van der Waals surface area contributed by atoms with Gasteiger partial charge in [-0.3, -0.25) is 4.79 Å². The number of aromatic nitrogens is 1. The number of aliphatic hydroxyl groups excluding tert-OH is 2. The Balaban J connectivity index is 1.54. The number of hydrogen-bond acceptors (Lipinski definition) is 5. The summed E-state index contributed by atoms with van der Waals surface area (Å²) < 4.78 is 0. The highest BCUT2D eigenvalue weighted by Crippen LogP contribution is 2.68. The molecule has 2 aliphatic rings. The van der Waals surface area contributed by atoms with Gasteiger partial charge in [-0.05, 0) is 30.2 Å². The molecule has 1 aliphatic heterocycles. The number of carbonyl (C=O) groups is 1. The maximum Gasteiger partial charge on any atom is 0.273 e. The molecule has 5 nitrogen and oxygen atoms in total. The molecule has 0 bridgehead atoms. The Labute approximate surface area is 157 Å². The van der Waals surface area contributed by atoms with Crippen LogP contribution in [0.2, 0.25) is 0 Å². The zero-order chi connectivity index (χ0) is 18.3. The fraction of sp³-hybridized carbons (Fsp3) is 0.500. The van der Waals surface area contributed by atoms with Crippen molar-refractivity contribution in [1.82, 2.24) is 9.88 Å². The van der Waals surface area contributed by atoms with Gasteiger partial charge in [0.25, 0.3) is 5.91 Å². The predicted octanol–water partition coefficient (Wildman–Crippen LogP) is 2.30. The van der Waals surface area contributed by atoms with E-state index in [0.29, 0.717) is 18.8 Å². The summed E-state index contributed by atoms with van der Waals surface area (Å²) in [6.45, 7) is 2.89. The minimum Gasteiger partial charge on any atom is -0.396 e. The number of nitrogens with zero attached hydrogens (tertiary/aromatic N) is 2. The van der Waals surface area contributed by atoms with Crippen molar-refractivity contribution in [3.63, 3.8) is 0 Å². The Hall–Kier alpha value is -1.76. The van der Waals surface area contributed by atoms with Gasteiger partial charge in [-0.15, -0.1) is 11.3 Å². The van der Waals surface area contributed by atoms with Gasteiger partial charge in [0, 0.05) is 30.5 Å². The third-order valence-corrected chi connectivity index (χ3v) is 6.83. The Morgan fingerprint density at radius 1 is 1.38 bits per heavy atom. The van der Waals surface area contributed by atoms with Crippen LogP contribution in [0.4, 0.5) is 0 Å². The Kier molecular flexibility index (Phi) is 4.59. The molecule has 1 saturated carbocycles. The average Bonchev–Trinajstić information content (AvgIpc) is 2.91. The molecule has 6 heteroatoms. The number of carbonyl (C=O) groups excluding carboxylic acids is 1. The molecule has 1 spiro atoms. The lowest BCUT2D eigenvalue weighted by Gasteiger charge is -2.15. The number of aliphatic hydroxyl groups is 2. The van der Waals surface area contributed by atoms with E-state index in [-0.39, 0.29) is 24.3 Å². The number of hydrogen-bond donors (Lipinski definition) is 2. The van der Waals surface area contributed by atoms with Crippen molar-refractivity contribution < 1.29 is 15.0 Å². The second kappa shape index (κ2) is 6.76. The highest BCUT2D eigenvalue weighted by atomic mass is 32.1. The molecule has 1 aromatic heterocycles. The first-order chi connectivity index (χ1) is 12.6. The van der Waals surface area contributed by atoms with Crippen molar-refractivity contribution in [1.29, 1.82) is 0 Å². The van der Waals surface area contributed by atoms with Crippen LogP contribution in [0.25, 0.3) is 0 Å². The molecular formula is C20H24N2O3S. The van der Waals surface area contributed by atoms with Gasteiger partial charge in [0.2, 0.25) is 0 Å². The molecule has 4 atom stereocenters. The highest BCUT2D eigenvalue weighted by Gasteiger charge is 2.71. The number of amides is 1. The molecule has 1 amide bonds. The normalized spacial score (nSPS) is 30.1. The Morgan fingerprint density at radius 3 is 2.85 bits per heavy atom. The van der Waals surface area contributed by atoms with E-state index in [1.165, 1.54) is 11.3 Å². The topological polar surface area (TPSA) is 73.7 Å². The average molecular weight is 372 g/mol. The highest BCUT2D eigenvalue weighted by molar-refractivity contribution is 7.09. The first kappa shape index (κ1) is 17.6. The van der Waals surface area contributed by atoms with Gasteiger partial charge in [0.05, 0.1) is 11.1 Å². The van der Waals surface area contributed by atoms with Gasteiger partial charge in [-0.2, -0.15) is 0 Å². The van der Waals surface area contributed by atoms with Crippen molar-refractivity contribution in [2.45, 2.75) is 31.8 Å². The number of β-amino-alcohol motifs (C(OH)–C–C–N with tert-alkyl or cyclic N) is 1. The molecule has 0 unspecified atom stereocenters. The molecule has 1 aliphatic carbocycles. The van der Waals surface area contributed by atoms with E-state index in [9.17, 15) is 15.0 Å². The first-order valence-electron chi connectivity index (χ1n) is 9.19. The lowest BCUT2D eigenvalue weighted by molar-refractivity contribution is 0.0759. The quantitative estimate of drug-likeness (QED) is 0.845. The van der Waals surface area contributed by atoms with Crippen molar-refractivity contribution in [2.24, 2.45) is 11.3 Å². The van der Waals surface area contributed by atoms with Crippen LogP contribution in [-0.4, -0.2) is 51.8 Å². The summed E-state index contributed by atoms with van der Waals surface area (Å²) in [5, 5.41) is 23.4. The monoisotopic (exact) mass is 372 g/mol. The lowest BCUT2D eigenvalue weighted by atomic mass is 9.95. The largest absolute Gasteiger partial charge is 0.396 e. The number of likely N-dealkylation sites (tertiary alicyclic amines) is 1. The summed E-state index contributed by atoms with van der Waals surface area (Å²) in [6, 6.07) is 9.99. The minimum atomic E-state index is -0.623. The van der Waals surface area contributed by atoms with E-state index in [1.54, 1.807) is 4.90 Å². The number of aryl methyl sites for hydroxylation is 1. The number of rotatable bonds is 5. The summed E-state index contributed by atoms with van der Waals surface area (Å²) in [7, 11) is 0. The van der Waals surface area contributed by atoms with Gasteiger partial charge in [-0.25, -0.2) is 4.98 Å². The third kappa shape index (κ3) is 2.68. The van der Waals surface area contributed by atoms with E-state index in [2.05, 4.69) is 11.9 Å². The maximum absolute atomic E-state index is 12.9. The van der Waals surface area contributed by atoms with E-state index >= 15 is 0 Å². The number of benzene rings is 1. The van der Waals surface area contributed by atoms with E-state index < -0.39 is 11.5 Å². The van der Waals surface area contributed by atoms with Gasteiger partial charge in [0.1, 0.15) is 5.69 Å². The van der Waals surface area contributed by atoms with Crippen molar-refractivity contribution in [3.8, 4) is 0 Å². The minimum absolute atomic E-state index is 0.0104. The van der Waals surface area contributed by atoms with E-state index in [4.69, 9.17) is 0 Å². The SMILES string of the molecule is CCCc1nc(C(=O)N2C[C@H](O)[C@@]3(C2)[C@H](CO)[C@H]3c2ccccc2)cs1. The van der Waals surface area contributed by atoms with Crippen LogP contribution in [0, 0.1) is 11.3 Å². The van der Waals surface area contributed by atoms with Crippen molar-refractivity contribution in [3.05, 3.63) is 52.0 Å². The molecule has 0 radical (unpaired) electrons. The van der Waals surface area contributed by atoms with Gasteiger partial charge in [0.15, 0.2) is 0 Å². The lowest BCUT2D eigenvalue weighted by Crippen LogP contribution is -2.30. The fourth-order valence-electron chi connectivity index (χ4n) is 4.62. The smallest absolute Gasteiger partial charge is 0.273 e. The molecule has 1 saturated heterocycles. The molecule has 138 valence electrons. The summed E-state index contributed by atoms with van der Waals surface area (Å²) >= 11 is 1.52. The van der Waals surface area contributed by atoms with Gasteiger partial charge < -0.3 is 15.1 Å². The molecule has 26 heavy (non-hydrogen) atoms. The Morgan fingerprint density at radius 2 is 2.15 bits per heavy atom. The van der Waals surface area contributed by atoms with Crippen LogP contribution < -0.4 is 0 Å². The van der Waals surface area contributed by atoms with Crippen LogP contribution in [0.15, 0.2) is 35.7 Å². The predicted molar refractivity (Wildman–Crippen MR) is 100 cm³/mol. The molecule has 1 aromatic carbocycles. The first-order valence-corrected chi connectivity index (χ1v) is 10.1. The standard InChI is InChI=1S/C20H24N2O3S/c1-2-6-17-21-15(11-26-17)19(25)22-9-16(24)20(12-22)14(10-23)18(20)13-7-4-3-5-8-13/h3-5,7-8,11,14,16,18,23-24H,2,6,9-10,12H2,1H3/t14-,16+,18-,20-/m1/s1.